The highest BCUT2D eigenvalue weighted by Crippen LogP contribution is 2.29. The topological polar surface area (TPSA) is 17.1 Å². The monoisotopic (exact) mass is 206 g/mol. The van der Waals surface area contributed by atoms with Crippen molar-refractivity contribution in [3.05, 3.63) is 23.3 Å². The summed E-state index contributed by atoms with van der Waals surface area (Å²) in [6.07, 6.45) is 9.22. The molecular formula is C14H22O. The van der Waals surface area contributed by atoms with Crippen molar-refractivity contribution in [2.24, 2.45) is 5.92 Å². The summed E-state index contributed by atoms with van der Waals surface area (Å²) in [5.41, 5.74) is 2.52. The summed E-state index contributed by atoms with van der Waals surface area (Å²) in [4.78, 5) is 11.8. The number of carbonyl (C=O) groups excluding carboxylic acids is 1. The lowest BCUT2D eigenvalue weighted by Gasteiger charge is -2.20. The first-order valence-corrected chi connectivity index (χ1v) is 6.03. The van der Waals surface area contributed by atoms with E-state index in [1.807, 2.05) is 13.0 Å². The highest BCUT2D eigenvalue weighted by Gasteiger charge is 2.17. The van der Waals surface area contributed by atoms with Crippen molar-refractivity contribution >= 4 is 5.78 Å². The van der Waals surface area contributed by atoms with Crippen LogP contribution < -0.4 is 0 Å². The third-order valence-corrected chi connectivity index (χ3v) is 2.85. The largest absolute Gasteiger partial charge is 0.290 e. The average Bonchev–Trinajstić information content (AvgIpc) is 2.18. The van der Waals surface area contributed by atoms with Crippen LogP contribution in [0.5, 0.6) is 0 Å². The van der Waals surface area contributed by atoms with Crippen LogP contribution in [0, 0.1) is 5.92 Å². The lowest BCUT2D eigenvalue weighted by atomic mass is 9.85. The number of carbonyl (C=O) groups is 1. The second-order valence-corrected chi connectivity index (χ2v) is 4.75. The molecule has 84 valence electrons. The lowest BCUT2D eigenvalue weighted by Crippen LogP contribution is -2.09. The van der Waals surface area contributed by atoms with E-state index in [-0.39, 0.29) is 5.78 Å². The Labute approximate surface area is 93.3 Å². The van der Waals surface area contributed by atoms with Crippen LogP contribution in [-0.2, 0) is 4.79 Å². The molecule has 0 radical (unpaired) electrons. The summed E-state index contributed by atoms with van der Waals surface area (Å²) in [7, 11) is 0. The molecule has 0 bridgehead atoms. The lowest BCUT2D eigenvalue weighted by molar-refractivity contribution is -0.111. The number of hydrogen-bond acceptors (Lipinski definition) is 1. The molecule has 1 heteroatoms. The van der Waals surface area contributed by atoms with Crippen LogP contribution in [0.1, 0.15) is 52.9 Å². The van der Waals surface area contributed by atoms with Gasteiger partial charge >= 0.3 is 0 Å². The van der Waals surface area contributed by atoms with Gasteiger partial charge < -0.3 is 0 Å². The van der Waals surface area contributed by atoms with Crippen LogP contribution >= 0.6 is 0 Å². The molecule has 0 N–H and O–H groups in total. The summed E-state index contributed by atoms with van der Waals surface area (Å²) in [6, 6.07) is 0. The zero-order valence-electron chi connectivity index (χ0n) is 10.2. The van der Waals surface area contributed by atoms with Crippen LogP contribution in [0.15, 0.2) is 23.3 Å². The van der Waals surface area contributed by atoms with Gasteiger partial charge in [0.1, 0.15) is 0 Å². The fourth-order valence-electron chi connectivity index (χ4n) is 2.24. The zero-order chi connectivity index (χ0) is 11.3. The molecule has 1 nitrogen and oxygen atoms in total. The minimum absolute atomic E-state index is 0.243. The Kier molecular flexibility index (Phi) is 4.80. The molecule has 0 aromatic carbocycles. The normalized spacial score (nSPS) is 17.9. The van der Waals surface area contributed by atoms with Gasteiger partial charge in [0.2, 0.25) is 0 Å². The molecule has 0 saturated carbocycles. The predicted octanol–water partition coefficient (Wildman–Crippen LogP) is 4.05. The van der Waals surface area contributed by atoms with E-state index in [0.717, 1.165) is 24.8 Å². The van der Waals surface area contributed by atoms with Gasteiger partial charge in [-0.2, -0.15) is 0 Å². The quantitative estimate of drug-likeness (QED) is 0.634. The second-order valence-electron chi connectivity index (χ2n) is 4.75. The van der Waals surface area contributed by atoms with Gasteiger partial charge in [-0.25, -0.2) is 0 Å². The predicted molar refractivity (Wildman–Crippen MR) is 64.8 cm³/mol. The molecule has 0 atom stereocenters. The molecule has 0 spiro atoms. The molecular weight excluding hydrogens is 184 g/mol. The maximum Gasteiger partial charge on any atom is 0.181 e. The Morgan fingerprint density at radius 2 is 2.00 bits per heavy atom. The smallest absolute Gasteiger partial charge is 0.181 e. The number of hydrogen-bond donors (Lipinski definition) is 0. The van der Waals surface area contributed by atoms with E-state index in [1.165, 1.54) is 18.4 Å². The van der Waals surface area contributed by atoms with Crippen molar-refractivity contribution in [1.82, 2.24) is 0 Å². The van der Waals surface area contributed by atoms with E-state index in [0.29, 0.717) is 5.92 Å². The van der Waals surface area contributed by atoms with Crippen LogP contribution in [0.25, 0.3) is 0 Å². The first-order valence-electron chi connectivity index (χ1n) is 6.03. The van der Waals surface area contributed by atoms with Crippen molar-refractivity contribution in [3.63, 3.8) is 0 Å². The van der Waals surface area contributed by atoms with Gasteiger partial charge in [-0.15, -0.1) is 0 Å². The molecule has 0 heterocycles. The van der Waals surface area contributed by atoms with Crippen molar-refractivity contribution in [1.29, 1.82) is 0 Å². The summed E-state index contributed by atoms with van der Waals surface area (Å²) < 4.78 is 0. The van der Waals surface area contributed by atoms with Crippen LogP contribution in [0.4, 0.5) is 0 Å². The Bertz CT molecular complexity index is 282. The van der Waals surface area contributed by atoms with Crippen molar-refractivity contribution in [2.45, 2.75) is 52.9 Å². The first-order chi connectivity index (χ1) is 7.15. The molecule has 1 aliphatic carbocycles. The van der Waals surface area contributed by atoms with Crippen molar-refractivity contribution in [2.75, 3.05) is 0 Å². The molecule has 0 amide bonds. The van der Waals surface area contributed by atoms with Gasteiger partial charge in [0.15, 0.2) is 5.78 Å². The first kappa shape index (κ1) is 12.2. The van der Waals surface area contributed by atoms with Crippen LogP contribution in [0.2, 0.25) is 0 Å². The fourth-order valence-corrected chi connectivity index (χ4v) is 2.24. The molecule has 0 saturated heterocycles. The van der Waals surface area contributed by atoms with E-state index in [4.69, 9.17) is 0 Å². The van der Waals surface area contributed by atoms with Gasteiger partial charge in [0.25, 0.3) is 0 Å². The molecule has 15 heavy (non-hydrogen) atoms. The van der Waals surface area contributed by atoms with Crippen molar-refractivity contribution in [3.8, 4) is 0 Å². The van der Waals surface area contributed by atoms with E-state index >= 15 is 0 Å². The van der Waals surface area contributed by atoms with Gasteiger partial charge in [-0.05, 0) is 56.6 Å². The van der Waals surface area contributed by atoms with Crippen molar-refractivity contribution < 1.29 is 4.79 Å². The SMILES string of the molecule is C/C=C/C(=O)C1=C(CC(C)C)CCCC1. The molecule has 0 fully saturated rings. The summed E-state index contributed by atoms with van der Waals surface area (Å²) in [5.74, 6) is 0.902. The summed E-state index contributed by atoms with van der Waals surface area (Å²) in [6.45, 7) is 6.35. The molecule has 0 aliphatic heterocycles. The maximum absolute atomic E-state index is 11.8. The minimum atomic E-state index is 0.243. The highest BCUT2D eigenvalue weighted by atomic mass is 16.1. The third kappa shape index (κ3) is 3.65. The summed E-state index contributed by atoms with van der Waals surface area (Å²) >= 11 is 0. The standard InChI is InChI=1S/C14H22O/c1-4-7-14(15)13-9-6-5-8-12(13)10-11(2)3/h4,7,11H,5-6,8-10H2,1-3H3/b7-4+. The van der Waals surface area contributed by atoms with E-state index < -0.39 is 0 Å². The third-order valence-electron chi connectivity index (χ3n) is 2.85. The molecule has 1 aliphatic rings. The van der Waals surface area contributed by atoms with Crippen LogP contribution in [-0.4, -0.2) is 5.78 Å². The van der Waals surface area contributed by atoms with Gasteiger partial charge in [0, 0.05) is 0 Å². The fraction of sp³-hybridized carbons (Fsp3) is 0.643. The maximum atomic E-state index is 11.8. The number of allylic oxidation sites excluding steroid dienone is 4. The second kappa shape index (κ2) is 5.89. The Hall–Kier alpha value is -0.850. The van der Waals surface area contributed by atoms with Gasteiger partial charge in [-0.1, -0.05) is 25.5 Å². The highest BCUT2D eigenvalue weighted by molar-refractivity contribution is 6.04. The Morgan fingerprint density at radius 1 is 1.33 bits per heavy atom. The van der Waals surface area contributed by atoms with E-state index in [1.54, 1.807) is 6.08 Å². The number of rotatable bonds is 4. The van der Waals surface area contributed by atoms with E-state index in [9.17, 15) is 4.79 Å². The summed E-state index contributed by atoms with van der Waals surface area (Å²) in [5, 5.41) is 0. The molecule has 0 aromatic rings. The molecule has 1 rings (SSSR count). The Morgan fingerprint density at radius 3 is 2.60 bits per heavy atom. The number of ketones is 1. The van der Waals surface area contributed by atoms with Gasteiger partial charge in [-0.3, -0.25) is 4.79 Å². The molecule has 0 aromatic heterocycles. The van der Waals surface area contributed by atoms with Gasteiger partial charge in [0.05, 0.1) is 0 Å². The Balaban J connectivity index is 2.85. The average molecular weight is 206 g/mol. The van der Waals surface area contributed by atoms with E-state index in [2.05, 4.69) is 13.8 Å². The zero-order valence-corrected chi connectivity index (χ0v) is 10.2. The minimum Gasteiger partial charge on any atom is -0.290 e. The van der Waals surface area contributed by atoms with Crippen LogP contribution in [0.3, 0.4) is 0 Å². The molecule has 0 unspecified atom stereocenters.